The van der Waals surface area contributed by atoms with Crippen LogP contribution in [0.1, 0.15) is 10.5 Å². The maximum absolute atomic E-state index is 12.2. The molecule has 1 aromatic rings. The molecule has 19 heavy (non-hydrogen) atoms. The molecular weight excluding hydrogens is 283 g/mol. The number of alkyl halides is 3. The number of piperazine rings is 1. The molecule has 1 aliphatic heterocycles. The van der Waals surface area contributed by atoms with Gasteiger partial charge in [0.05, 0.1) is 6.54 Å². The number of halogens is 3. The Balaban J connectivity index is 1.90. The molecule has 0 radical (unpaired) electrons. The second-order valence-electron chi connectivity index (χ2n) is 4.20. The number of rotatable bonds is 3. The predicted octanol–water partition coefficient (Wildman–Crippen LogP) is 1.53. The van der Waals surface area contributed by atoms with E-state index in [9.17, 15) is 18.0 Å². The average molecular weight is 295 g/mol. The van der Waals surface area contributed by atoms with Gasteiger partial charge in [0.2, 0.25) is 0 Å². The highest BCUT2D eigenvalue weighted by atomic mass is 32.1. The van der Waals surface area contributed by atoms with Gasteiger partial charge in [0, 0.05) is 31.6 Å². The maximum atomic E-state index is 12.2. The van der Waals surface area contributed by atoms with Crippen molar-refractivity contribution < 1.29 is 23.1 Å². The number of carbonyl (C=O) groups is 1. The smallest absolute Gasteiger partial charge is 0.401 e. The average Bonchev–Trinajstić information content (AvgIpc) is 2.77. The van der Waals surface area contributed by atoms with E-state index in [2.05, 4.69) is 4.98 Å². The van der Waals surface area contributed by atoms with E-state index in [0.717, 1.165) is 0 Å². The third-order valence-corrected chi connectivity index (χ3v) is 3.66. The van der Waals surface area contributed by atoms with E-state index in [0.29, 0.717) is 31.3 Å². The van der Waals surface area contributed by atoms with Crippen molar-refractivity contribution in [2.75, 3.05) is 37.6 Å². The number of aromatic nitrogens is 1. The van der Waals surface area contributed by atoms with Crippen molar-refractivity contribution in [3.63, 3.8) is 0 Å². The summed E-state index contributed by atoms with van der Waals surface area (Å²) in [4.78, 5) is 17.8. The topological polar surface area (TPSA) is 56.7 Å². The molecule has 0 bridgehead atoms. The van der Waals surface area contributed by atoms with Crippen LogP contribution < -0.4 is 4.90 Å². The molecule has 9 heteroatoms. The lowest BCUT2D eigenvalue weighted by atomic mass is 10.3. The van der Waals surface area contributed by atoms with Crippen LogP contribution in [0.2, 0.25) is 0 Å². The molecule has 0 unspecified atom stereocenters. The summed E-state index contributed by atoms with van der Waals surface area (Å²) < 4.78 is 36.7. The minimum absolute atomic E-state index is 0.0299. The third-order valence-electron chi connectivity index (χ3n) is 2.76. The van der Waals surface area contributed by atoms with Crippen LogP contribution in [-0.2, 0) is 0 Å². The second kappa shape index (κ2) is 5.33. The zero-order valence-corrected chi connectivity index (χ0v) is 10.7. The van der Waals surface area contributed by atoms with Gasteiger partial charge in [0.1, 0.15) is 0 Å². The quantitative estimate of drug-likeness (QED) is 0.916. The van der Waals surface area contributed by atoms with Crippen molar-refractivity contribution in [1.82, 2.24) is 9.88 Å². The van der Waals surface area contributed by atoms with Crippen LogP contribution in [0.15, 0.2) is 5.38 Å². The minimum Gasteiger partial charge on any atom is -0.476 e. The molecule has 0 spiro atoms. The Morgan fingerprint density at radius 2 is 2.00 bits per heavy atom. The van der Waals surface area contributed by atoms with Gasteiger partial charge < -0.3 is 10.0 Å². The van der Waals surface area contributed by atoms with Gasteiger partial charge in [-0.1, -0.05) is 0 Å². The number of carboxylic acids is 1. The SMILES string of the molecule is O=C(O)c1csc(N2CCN(CC(F)(F)F)CC2)n1. The van der Waals surface area contributed by atoms with Gasteiger partial charge >= 0.3 is 12.1 Å². The molecule has 1 N–H and O–H groups in total. The Labute approximate surface area is 111 Å². The molecule has 2 rings (SSSR count). The molecule has 0 aromatic carbocycles. The van der Waals surface area contributed by atoms with Gasteiger partial charge in [-0.25, -0.2) is 9.78 Å². The molecule has 0 saturated carbocycles. The Hall–Kier alpha value is -1.35. The summed E-state index contributed by atoms with van der Waals surface area (Å²) in [7, 11) is 0. The number of thiazole rings is 1. The summed E-state index contributed by atoms with van der Waals surface area (Å²) in [6, 6.07) is 0. The summed E-state index contributed by atoms with van der Waals surface area (Å²) >= 11 is 1.19. The second-order valence-corrected chi connectivity index (χ2v) is 5.04. The van der Waals surface area contributed by atoms with E-state index >= 15 is 0 Å². The largest absolute Gasteiger partial charge is 0.476 e. The molecule has 1 saturated heterocycles. The maximum Gasteiger partial charge on any atom is 0.401 e. The number of aromatic carboxylic acids is 1. The standard InChI is InChI=1S/C10H12F3N3O2S/c11-10(12,13)6-15-1-3-16(4-2-15)9-14-7(5-19-9)8(17)18/h5H,1-4,6H2,(H,17,18). The molecule has 106 valence electrons. The van der Waals surface area contributed by atoms with Crippen molar-refractivity contribution in [3.05, 3.63) is 11.1 Å². The van der Waals surface area contributed by atoms with Crippen LogP contribution >= 0.6 is 11.3 Å². The summed E-state index contributed by atoms with van der Waals surface area (Å²) in [5.74, 6) is -1.10. The van der Waals surface area contributed by atoms with Crippen molar-refractivity contribution in [2.24, 2.45) is 0 Å². The van der Waals surface area contributed by atoms with E-state index in [-0.39, 0.29) is 5.69 Å². The Bertz CT molecular complexity index is 455. The normalized spacial score (nSPS) is 17.7. The molecule has 1 aliphatic rings. The third kappa shape index (κ3) is 3.80. The van der Waals surface area contributed by atoms with Gasteiger partial charge in [0.25, 0.3) is 0 Å². The monoisotopic (exact) mass is 295 g/mol. The first kappa shape index (κ1) is 14.1. The number of hydrogen-bond donors (Lipinski definition) is 1. The summed E-state index contributed by atoms with van der Waals surface area (Å²) in [5, 5.41) is 10.7. The molecule has 1 aromatic heterocycles. The number of anilines is 1. The zero-order chi connectivity index (χ0) is 14.0. The minimum atomic E-state index is -4.18. The molecule has 2 heterocycles. The fourth-order valence-electron chi connectivity index (χ4n) is 1.86. The molecule has 5 nitrogen and oxygen atoms in total. The van der Waals surface area contributed by atoms with Gasteiger partial charge in [-0.3, -0.25) is 4.90 Å². The van der Waals surface area contributed by atoms with E-state index in [1.807, 2.05) is 4.90 Å². The molecule has 1 fully saturated rings. The van der Waals surface area contributed by atoms with Gasteiger partial charge in [-0.05, 0) is 0 Å². The van der Waals surface area contributed by atoms with Gasteiger partial charge in [-0.15, -0.1) is 11.3 Å². The number of nitrogens with zero attached hydrogens (tertiary/aromatic N) is 3. The lowest BCUT2D eigenvalue weighted by molar-refractivity contribution is -0.146. The van der Waals surface area contributed by atoms with E-state index < -0.39 is 18.7 Å². The number of carboxylic acid groups (broad SMARTS) is 1. The predicted molar refractivity (Wildman–Crippen MR) is 63.8 cm³/mol. The van der Waals surface area contributed by atoms with Crippen LogP contribution in [0.3, 0.4) is 0 Å². The first-order valence-electron chi connectivity index (χ1n) is 5.58. The summed E-state index contributed by atoms with van der Waals surface area (Å²) in [6.07, 6.45) is -4.18. The van der Waals surface area contributed by atoms with Crippen LogP contribution in [0, 0.1) is 0 Å². The van der Waals surface area contributed by atoms with E-state index in [1.165, 1.54) is 21.6 Å². The first-order chi connectivity index (χ1) is 8.85. The Morgan fingerprint density at radius 3 is 2.47 bits per heavy atom. The highest BCUT2D eigenvalue weighted by Crippen LogP contribution is 2.23. The zero-order valence-electron chi connectivity index (χ0n) is 9.85. The van der Waals surface area contributed by atoms with Crippen LogP contribution in [-0.4, -0.2) is 59.9 Å². The highest BCUT2D eigenvalue weighted by Gasteiger charge is 2.32. The van der Waals surface area contributed by atoms with Crippen molar-refractivity contribution in [3.8, 4) is 0 Å². The van der Waals surface area contributed by atoms with Crippen molar-refractivity contribution >= 4 is 22.4 Å². The fraction of sp³-hybridized carbons (Fsp3) is 0.600. The Kier molecular flexibility index (Phi) is 3.95. The van der Waals surface area contributed by atoms with Crippen molar-refractivity contribution in [1.29, 1.82) is 0 Å². The summed E-state index contributed by atoms with van der Waals surface area (Å²) in [6.45, 7) is 0.521. The van der Waals surface area contributed by atoms with Crippen LogP contribution in [0.4, 0.5) is 18.3 Å². The van der Waals surface area contributed by atoms with Crippen molar-refractivity contribution in [2.45, 2.75) is 6.18 Å². The molecular formula is C10H12F3N3O2S. The van der Waals surface area contributed by atoms with E-state index in [1.54, 1.807) is 0 Å². The number of hydrogen-bond acceptors (Lipinski definition) is 5. The van der Waals surface area contributed by atoms with E-state index in [4.69, 9.17) is 5.11 Å². The Morgan fingerprint density at radius 1 is 1.37 bits per heavy atom. The fourth-order valence-corrected chi connectivity index (χ4v) is 2.71. The van der Waals surface area contributed by atoms with Crippen LogP contribution in [0.5, 0.6) is 0 Å². The molecule has 0 atom stereocenters. The molecule has 0 amide bonds. The first-order valence-corrected chi connectivity index (χ1v) is 6.46. The lowest BCUT2D eigenvalue weighted by Gasteiger charge is -2.34. The molecule has 0 aliphatic carbocycles. The summed E-state index contributed by atoms with van der Waals surface area (Å²) in [5.41, 5.74) is -0.0299. The van der Waals surface area contributed by atoms with Gasteiger partial charge in [-0.2, -0.15) is 13.2 Å². The highest BCUT2D eigenvalue weighted by molar-refractivity contribution is 7.13. The lowest BCUT2D eigenvalue weighted by Crippen LogP contribution is -2.49. The van der Waals surface area contributed by atoms with Gasteiger partial charge in [0.15, 0.2) is 10.8 Å². The van der Waals surface area contributed by atoms with Crippen LogP contribution in [0.25, 0.3) is 0 Å².